The van der Waals surface area contributed by atoms with Gasteiger partial charge in [-0.2, -0.15) is 17.6 Å². The molecule has 1 aromatic carbocycles. The standard InChI is InChI=1S/C19H20N4O5S2/c1-12-18(29-19(26)21(12)2)30(27,28)23-9-14-8-22(10-16(14)20-23)17(25)15(11-24)13-6-4-3-5-7-13/h3-7,9,15,24H,8,10-11H2,1-2H3/t15-/m1/s1. The van der Waals surface area contributed by atoms with Gasteiger partial charge in [-0.15, -0.1) is 0 Å². The van der Waals surface area contributed by atoms with Crippen molar-refractivity contribution in [3.8, 4) is 0 Å². The van der Waals surface area contributed by atoms with E-state index < -0.39 is 15.9 Å². The molecule has 158 valence electrons. The average molecular weight is 449 g/mol. The smallest absolute Gasteiger partial charge is 0.308 e. The number of benzene rings is 1. The number of rotatable bonds is 5. The van der Waals surface area contributed by atoms with Gasteiger partial charge in [-0.1, -0.05) is 41.7 Å². The van der Waals surface area contributed by atoms with Gasteiger partial charge in [-0.3, -0.25) is 9.59 Å². The Bertz CT molecular complexity index is 1250. The third kappa shape index (κ3) is 3.28. The van der Waals surface area contributed by atoms with Crippen LogP contribution in [0, 0.1) is 6.92 Å². The summed E-state index contributed by atoms with van der Waals surface area (Å²) in [5.74, 6) is -0.927. The second-order valence-electron chi connectivity index (χ2n) is 7.12. The van der Waals surface area contributed by atoms with Crippen molar-refractivity contribution in [2.45, 2.75) is 30.1 Å². The largest absolute Gasteiger partial charge is 0.395 e. The molecule has 30 heavy (non-hydrogen) atoms. The molecule has 2 aromatic heterocycles. The number of fused-ring (bicyclic) bond motifs is 1. The van der Waals surface area contributed by atoms with Gasteiger partial charge in [0, 0.05) is 31.0 Å². The maximum Gasteiger partial charge on any atom is 0.308 e. The van der Waals surface area contributed by atoms with Crippen molar-refractivity contribution in [1.29, 1.82) is 0 Å². The first-order valence-electron chi connectivity index (χ1n) is 9.18. The van der Waals surface area contributed by atoms with Crippen LogP contribution in [0.1, 0.15) is 28.4 Å². The van der Waals surface area contributed by atoms with Gasteiger partial charge in [0.05, 0.1) is 24.8 Å². The number of thiazole rings is 1. The number of amides is 1. The van der Waals surface area contributed by atoms with E-state index in [1.165, 1.54) is 17.8 Å². The molecule has 3 heterocycles. The van der Waals surface area contributed by atoms with E-state index in [1.54, 1.807) is 36.1 Å². The minimum absolute atomic E-state index is 0.0477. The van der Waals surface area contributed by atoms with Crippen molar-refractivity contribution < 1.29 is 18.3 Å². The lowest BCUT2D eigenvalue weighted by Gasteiger charge is -2.22. The van der Waals surface area contributed by atoms with Crippen LogP contribution in [0.25, 0.3) is 0 Å². The van der Waals surface area contributed by atoms with E-state index in [1.807, 2.05) is 6.07 Å². The maximum absolute atomic E-state index is 12.9. The van der Waals surface area contributed by atoms with Crippen LogP contribution in [0.2, 0.25) is 0 Å². The summed E-state index contributed by atoms with van der Waals surface area (Å²) in [7, 11) is -2.47. The molecule has 1 aliphatic heterocycles. The van der Waals surface area contributed by atoms with Crippen LogP contribution in [0.4, 0.5) is 0 Å². The highest BCUT2D eigenvalue weighted by Crippen LogP contribution is 2.28. The Morgan fingerprint density at radius 2 is 1.97 bits per heavy atom. The third-order valence-corrected chi connectivity index (χ3v) is 8.54. The Kier molecular flexibility index (Phi) is 5.12. The SMILES string of the molecule is Cc1c(S(=O)(=O)n2cc3c(n2)CN(C(=O)[C@H](CO)c2ccccc2)C3)sc(=O)n1C. The van der Waals surface area contributed by atoms with Crippen molar-refractivity contribution in [3.05, 3.63) is 68.7 Å². The van der Waals surface area contributed by atoms with Crippen molar-refractivity contribution in [2.24, 2.45) is 7.05 Å². The normalized spacial score (nSPS) is 14.7. The predicted octanol–water partition coefficient (Wildman–Crippen LogP) is 0.807. The van der Waals surface area contributed by atoms with Crippen molar-refractivity contribution in [2.75, 3.05) is 6.61 Å². The predicted molar refractivity (Wildman–Crippen MR) is 110 cm³/mol. The van der Waals surface area contributed by atoms with Crippen LogP contribution in [-0.4, -0.2) is 44.7 Å². The Labute approximate surface area is 176 Å². The number of aromatic nitrogens is 3. The van der Waals surface area contributed by atoms with Crippen LogP contribution in [0.15, 0.2) is 45.5 Å². The number of nitrogens with zero attached hydrogens (tertiary/aromatic N) is 4. The summed E-state index contributed by atoms with van der Waals surface area (Å²) in [6.07, 6.45) is 1.39. The lowest BCUT2D eigenvalue weighted by atomic mass is 9.98. The quantitative estimate of drug-likeness (QED) is 0.618. The van der Waals surface area contributed by atoms with E-state index in [9.17, 15) is 23.1 Å². The summed E-state index contributed by atoms with van der Waals surface area (Å²) in [5.41, 5.74) is 2.18. The van der Waals surface area contributed by atoms with E-state index in [2.05, 4.69) is 5.10 Å². The molecule has 0 saturated carbocycles. The molecule has 0 saturated heterocycles. The molecule has 0 bridgehead atoms. The summed E-state index contributed by atoms with van der Waals surface area (Å²) in [4.78, 5) is 25.9. The summed E-state index contributed by atoms with van der Waals surface area (Å²) in [6.45, 7) is 1.61. The van der Waals surface area contributed by atoms with E-state index in [-0.39, 0.29) is 34.7 Å². The van der Waals surface area contributed by atoms with Crippen LogP contribution in [-0.2, 0) is 35.0 Å². The minimum atomic E-state index is -3.99. The molecule has 0 spiro atoms. The minimum Gasteiger partial charge on any atom is -0.395 e. The topological polar surface area (TPSA) is 115 Å². The highest BCUT2D eigenvalue weighted by Gasteiger charge is 2.34. The summed E-state index contributed by atoms with van der Waals surface area (Å²) >= 11 is 0.660. The molecule has 0 unspecified atom stereocenters. The Morgan fingerprint density at radius 3 is 2.53 bits per heavy atom. The molecule has 3 aromatic rings. The van der Waals surface area contributed by atoms with E-state index in [0.29, 0.717) is 28.3 Å². The monoisotopic (exact) mass is 448 g/mol. The molecule has 1 N–H and O–H groups in total. The average Bonchev–Trinajstić information content (AvgIpc) is 3.38. The van der Waals surface area contributed by atoms with E-state index in [0.717, 1.165) is 9.65 Å². The van der Waals surface area contributed by atoms with Gasteiger partial charge in [0.2, 0.25) is 5.91 Å². The zero-order chi connectivity index (χ0) is 21.6. The summed E-state index contributed by atoms with van der Waals surface area (Å²) in [5, 5.41) is 13.9. The van der Waals surface area contributed by atoms with E-state index >= 15 is 0 Å². The molecule has 9 nitrogen and oxygen atoms in total. The van der Waals surface area contributed by atoms with E-state index in [4.69, 9.17) is 0 Å². The van der Waals surface area contributed by atoms with Gasteiger partial charge < -0.3 is 14.6 Å². The van der Waals surface area contributed by atoms with Crippen LogP contribution in [0.3, 0.4) is 0 Å². The lowest BCUT2D eigenvalue weighted by Crippen LogP contribution is -2.33. The summed E-state index contributed by atoms with van der Waals surface area (Å²) in [6, 6.07) is 9.02. The number of aliphatic hydroxyl groups is 1. The van der Waals surface area contributed by atoms with Gasteiger partial charge in [0.25, 0.3) is 10.0 Å². The molecular weight excluding hydrogens is 428 g/mol. The number of carbonyl (C=O) groups excluding carboxylic acids is 1. The molecule has 1 amide bonds. The van der Waals surface area contributed by atoms with Gasteiger partial charge in [0.1, 0.15) is 0 Å². The fourth-order valence-electron chi connectivity index (χ4n) is 3.46. The molecule has 4 rings (SSSR count). The zero-order valence-corrected chi connectivity index (χ0v) is 18.0. The van der Waals surface area contributed by atoms with Gasteiger partial charge in [0.15, 0.2) is 4.21 Å². The van der Waals surface area contributed by atoms with Crippen molar-refractivity contribution in [3.63, 3.8) is 0 Å². The first-order chi connectivity index (χ1) is 14.2. The number of aliphatic hydroxyl groups excluding tert-OH is 1. The van der Waals surface area contributed by atoms with Crippen LogP contribution < -0.4 is 4.87 Å². The Morgan fingerprint density at radius 1 is 1.27 bits per heavy atom. The van der Waals surface area contributed by atoms with Crippen molar-refractivity contribution in [1.82, 2.24) is 18.7 Å². The van der Waals surface area contributed by atoms with Gasteiger partial charge in [-0.05, 0) is 12.5 Å². The molecule has 0 fully saturated rings. The molecular formula is C19H20N4O5S2. The lowest BCUT2D eigenvalue weighted by molar-refractivity contribution is -0.134. The highest BCUT2D eigenvalue weighted by atomic mass is 32.2. The van der Waals surface area contributed by atoms with Gasteiger partial charge in [-0.25, -0.2) is 0 Å². The van der Waals surface area contributed by atoms with Crippen LogP contribution in [0.5, 0.6) is 0 Å². The second-order valence-corrected chi connectivity index (χ2v) is 10.1. The molecule has 1 aliphatic rings. The Balaban J connectivity index is 1.58. The first kappa shape index (κ1) is 20.5. The zero-order valence-electron chi connectivity index (χ0n) is 16.3. The molecule has 11 heteroatoms. The van der Waals surface area contributed by atoms with Crippen LogP contribution >= 0.6 is 11.3 Å². The first-order valence-corrected chi connectivity index (χ1v) is 11.4. The fourth-order valence-corrected chi connectivity index (χ4v) is 6.19. The Hall–Kier alpha value is -2.76. The van der Waals surface area contributed by atoms with Crippen molar-refractivity contribution >= 4 is 27.3 Å². The molecule has 0 radical (unpaired) electrons. The number of carbonyl (C=O) groups is 1. The third-order valence-electron chi connectivity index (χ3n) is 5.29. The number of hydrogen-bond donors (Lipinski definition) is 1. The summed E-state index contributed by atoms with van der Waals surface area (Å²) < 4.78 is 28.0. The van der Waals surface area contributed by atoms with Gasteiger partial charge >= 0.3 is 4.87 Å². The molecule has 0 aliphatic carbocycles. The molecule has 1 atom stereocenters. The number of hydrogen-bond acceptors (Lipinski definition) is 7. The second kappa shape index (κ2) is 7.49. The fraction of sp³-hybridized carbons (Fsp3) is 0.316. The highest BCUT2D eigenvalue weighted by molar-refractivity contribution is 7.91. The maximum atomic E-state index is 12.9.